The van der Waals surface area contributed by atoms with Gasteiger partial charge in [-0.05, 0) is 55.5 Å². The number of benzene rings is 2. The molecular formula is C20H22ClNO4. The van der Waals surface area contributed by atoms with Crippen LogP contribution in [0.3, 0.4) is 0 Å². The van der Waals surface area contributed by atoms with E-state index < -0.39 is 0 Å². The minimum atomic E-state index is -0.177. The number of carbonyl (C=O) groups is 2. The van der Waals surface area contributed by atoms with E-state index >= 15 is 0 Å². The molecule has 6 heteroatoms. The molecule has 0 fully saturated rings. The van der Waals surface area contributed by atoms with Gasteiger partial charge >= 0.3 is 0 Å². The summed E-state index contributed by atoms with van der Waals surface area (Å²) in [6.45, 7) is 3.20. The van der Waals surface area contributed by atoms with Crippen LogP contribution in [-0.2, 0) is 4.79 Å². The molecule has 0 aliphatic rings. The molecule has 0 bridgehead atoms. The SMILES string of the molecule is CCOc1ccc(C(=O)CCC(=O)NCCOc2ccc(Cl)cc2)cc1. The van der Waals surface area contributed by atoms with Crippen molar-refractivity contribution in [1.82, 2.24) is 5.32 Å². The first-order chi connectivity index (χ1) is 12.6. The number of Topliss-reactive ketones (excluding diaryl/α,β-unsaturated/α-hetero) is 1. The molecule has 0 aliphatic heterocycles. The summed E-state index contributed by atoms with van der Waals surface area (Å²) in [5.41, 5.74) is 0.576. The number of ether oxygens (including phenoxy) is 2. The van der Waals surface area contributed by atoms with Crippen LogP contribution in [0.4, 0.5) is 0 Å². The van der Waals surface area contributed by atoms with Gasteiger partial charge in [0.1, 0.15) is 18.1 Å². The summed E-state index contributed by atoms with van der Waals surface area (Å²) in [5.74, 6) is 1.17. The standard InChI is InChI=1S/C20H22ClNO4/c1-2-25-17-7-3-15(4-8-17)19(23)11-12-20(24)22-13-14-26-18-9-5-16(21)6-10-18/h3-10H,2,11-14H2,1H3,(H,22,24). The van der Waals surface area contributed by atoms with E-state index in [2.05, 4.69) is 5.32 Å². The van der Waals surface area contributed by atoms with Crippen molar-refractivity contribution < 1.29 is 19.1 Å². The van der Waals surface area contributed by atoms with Gasteiger partial charge in [0, 0.05) is 23.4 Å². The summed E-state index contributed by atoms with van der Waals surface area (Å²) in [5, 5.41) is 3.38. The lowest BCUT2D eigenvalue weighted by molar-refractivity contribution is -0.121. The van der Waals surface area contributed by atoms with E-state index in [9.17, 15) is 9.59 Å². The minimum absolute atomic E-state index is 0.0689. The third-order valence-corrected chi connectivity index (χ3v) is 3.82. The topological polar surface area (TPSA) is 64.6 Å². The first-order valence-corrected chi connectivity index (χ1v) is 8.87. The number of amides is 1. The van der Waals surface area contributed by atoms with Crippen LogP contribution in [0.5, 0.6) is 11.5 Å². The van der Waals surface area contributed by atoms with Crippen molar-refractivity contribution >= 4 is 23.3 Å². The third kappa shape index (κ3) is 6.76. The van der Waals surface area contributed by atoms with Crippen molar-refractivity contribution in [3.8, 4) is 11.5 Å². The largest absolute Gasteiger partial charge is 0.494 e. The molecule has 138 valence electrons. The molecule has 2 rings (SSSR count). The number of halogens is 1. The van der Waals surface area contributed by atoms with Crippen LogP contribution in [0, 0.1) is 0 Å². The summed E-state index contributed by atoms with van der Waals surface area (Å²) in [7, 11) is 0. The van der Waals surface area contributed by atoms with E-state index in [0.29, 0.717) is 36.1 Å². The Morgan fingerprint density at radius 2 is 1.54 bits per heavy atom. The van der Waals surface area contributed by atoms with Crippen molar-refractivity contribution in [1.29, 1.82) is 0 Å². The van der Waals surface area contributed by atoms with Crippen molar-refractivity contribution in [2.75, 3.05) is 19.8 Å². The molecule has 0 aromatic heterocycles. The maximum Gasteiger partial charge on any atom is 0.220 e. The fraction of sp³-hybridized carbons (Fsp3) is 0.300. The van der Waals surface area contributed by atoms with E-state index in [1.54, 1.807) is 48.5 Å². The number of ketones is 1. The van der Waals surface area contributed by atoms with Crippen LogP contribution >= 0.6 is 11.6 Å². The monoisotopic (exact) mass is 375 g/mol. The Bertz CT molecular complexity index is 714. The first-order valence-electron chi connectivity index (χ1n) is 8.49. The van der Waals surface area contributed by atoms with Crippen LogP contribution < -0.4 is 14.8 Å². The van der Waals surface area contributed by atoms with Gasteiger partial charge in [-0.15, -0.1) is 0 Å². The molecule has 0 atom stereocenters. The molecule has 26 heavy (non-hydrogen) atoms. The molecule has 1 amide bonds. The molecule has 2 aromatic rings. The third-order valence-electron chi connectivity index (χ3n) is 3.57. The Kier molecular flexibility index (Phi) is 7.96. The molecule has 2 aromatic carbocycles. The molecule has 0 spiro atoms. The second kappa shape index (κ2) is 10.5. The van der Waals surface area contributed by atoms with Crippen molar-refractivity contribution in [2.24, 2.45) is 0 Å². The Labute approximate surface area is 158 Å². The summed E-state index contributed by atoms with van der Waals surface area (Å²) < 4.78 is 10.8. The van der Waals surface area contributed by atoms with Gasteiger partial charge in [0.25, 0.3) is 0 Å². The van der Waals surface area contributed by atoms with Crippen LogP contribution in [-0.4, -0.2) is 31.4 Å². The molecular weight excluding hydrogens is 354 g/mol. The zero-order valence-electron chi connectivity index (χ0n) is 14.7. The van der Waals surface area contributed by atoms with E-state index in [4.69, 9.17) is 21.1 Å². The van der Waals surface area contributed by atoms with Gasteiger partial charge in [0.15, 0.2) is 5.78 Å². The predicted octanol–water partition coefficient (Wildman–Crippen LogP) is 3.90. The van der Waals surface area contributed by atoms with Gasteiger partial charge in [-0.1, -0.05) is 11.6 Å². The van der Waals surface area contributed by atoms with Crippen LogP contribution in [0.15, 0.2) is 48.5 Å². The lowest BCUT2D eigenvalue weighted by Gasteiger charge is -2.08. The summed E-state index contributed by atoms with van der Waals surface area (Å²) in [6.07, 6.45) is 0.310. The zero-order chi connectivity index (χ0) is 18.8. The van der Waals surface area contributed by atoms with Gasteiger partial charge < -0.3 is 14.8 Å². The van der Waals surface area contributed by atoms with E-state index in [1.807, 2.05) is 6.92 Å². The van der Waals surface area contributed by atoms with Crippen LogP contribution in [0.1, 0.15) is 30.1 Å². The van der Waals surface area contributed by atoms with Gasteiger partial charge in [-0.3, -0.25) is 9.59 Å². The zero-order valence-corrected chi connectivity index (χ0v) is 15.4. The minimum Gasteiger partial charge on any atom is -0.494 e. The quantitative estimate of drug-likeness (QED) is 0.505. The number of nitrogens with one attached hydrogen (secondary N) is 1. The van der Waals surface area contributed by atoms with E-state index in [1.165, 1.54) is 0 Å². The first kappa shape index (κ1) is 19.8. The average Bonchev–Trinajstić information content (AvgIpc) is 2.65. The Hall–Kier alpha value is -2.53. The van der Waals surface area contributed by atoms with Crippen LogP contribution in [0.2, 0.25) is 5.02 Å². The Balaban J connectivity index is 1.64. The van der Waals surface area contributed by atoms with E-state index in [0.717, 1.165) is 5.75 Å². The molecule has 0 unspecified atom stereocenters. The van der Waals surface area contributed by atoms with Gasteiger partial charge in [-0.2, -0.15) is 0 Å². The molecule has 0 heterocycles. The second-order valence-corrected chi connectivity index (χ2v) is 5.97. The highest BCUT2D eigenvalue weighted by Gasteiger charge is 2.09. The highest BCUT2D eigenvalue weighted by Crippen LogP contribution is 2.15. The normalized spacial score (nSPS) is 10.2. The summed E-state index contributed by atoms with van der Waals surface area (Å²) in [6, 6.07) is 13.9. The average molecular weight is 376 g/mol. The lowest BCUT2D eigenvalue weighted by Crippen LogP contribution is -2.28. The summed E-state index contributed by atoms with van der Waals surface area (Å²) >= 11 is 5.79. The maximum atomic E-state index is 12.1. The molecule has 0 aliphatic carbocycles. The second-order valence-electron chi connectivity index (χ2n) is 5.53. The highest BCUT2D eigenvalue weighted by molar-refractivity contribution is 6.30. The molecule has 5 nitrogen and oxygen atoms in total. The highest BCUT2D eigenvalue weighted by atomic mass is 35.5. The Morgan fingerprint density at radius 3 is 2.19 bits per heavy atom. The Morgan fingerprint density at radius 1 is 0.923 bits per heavy atom. The smallest absolute Gasteiger partial charge is 0.220 e. The van der Waals surface area contributed by atoms with E-state index in [-0.39, 0.29) is 24.5 Å². The fourth-order valence-electron chi connectivity index (χ4n) is 2.25. The van der Waals surface area contributed by atoms with Gasteiger partial charge in [0.2, 0.25) is 5.91 Å². The van der Waals surface area contributed by atoms with Crippen molar-refractivity contribution in [3.63, 3.8) is 0 Å². The number of hydrogen-bond acceptors (Lipinski definition) is 4. The fourth-order valence-corrected chi connectivity index (χ4v) is 2.38. The molecule has 0 radical (unpaired) electrons. The molecule has 0 saturated heterocycles. The number of carbonyl (C=O) groups excluding carboxylic acids is 2. The van der Waals surface area contributed by atoms with Gasteiger partial charge in [0.05, 0.1) is 13.2 Å². The summed E-state index contributed by atoms with van der Waals surface area (Å²) in [4.78, 5) is 23.9. The number of rotatable bonds is 10. The van der Waals surface area contributed by atoms with Gasteiger partial charge in [-0.25, -0.2) is 0 Å². The molecule has 1 N–H and O–H groups in total. The predicted molar refractivity (Wildman–Crippen MR) is 101 cm³/mol. The van der Waals surface area contributed by atoms with Crippen molar-refractivity contribution in [3.05, 3.63) is 59.1 Å². The lowest BCUT2D eigenvalue weighted by atomic mass is 10.1. The number of hydrogen-bond donors (Lipinski definition) is 1. The van der Waals surface area contributed by atoms with Crippen molar-refractivity contribution in [2.45, 2.75) is 19.8 Å². The molecule has 0 saturated carbocycles. The van der Waals surface area contributed by atoms with Crippen LogP contribution in [0.25, 0.3) is 0 Å². The maximum absolute atomic E-state index is 12.1.